The van der Waals surface area contributed by atoms with Crippen LogP contribution in [0.1, 0.15) is 28.8 Å². The summed E-state index contributed by atoms with van der Waals surface area (Å²) in [7, 11) is 0. The summed E-state index contributed by atoms with van der Waals surface area (Å²) in [5, 5.41) is 0.394. The van der Waals surface area contributed by atoms with Gasteiger partial charge < -0.3 is 9.80 Å². The van der Waals surface area contributed by atoms with Crippen LogP contribution < -0.4 is 9.80 Å². The van der Waals surface area contributed by atoms with E-state index < -0.39 is 0 Å². The van der Waals surface area contributed by atoms with E-state index in [1.807, 2.05) is 35.2 Å². The molecule has 0 atom stereocenters. The second-order valence-electron chi connectivity index (χ2n) is 7.52. The van der Waals surface area contributed by atoms with Gasteiger partial charge in [0, 0.05) is 36.3 Å². The lowest BCUT2D eigenvalue weighted by molar-refractivity contribution is -0.918. The van der Waals surface area contributed by atoms with Crippen LogP contribution in [-0.4, -0.2) is 30.0 Å². The standard InChI is InChI=1S/C24H24ClN3O/c25-23-12-11-20(17-26-23)24(29)28(21-9-5-2-6-10-21)22-13-15-27(16-14-22)18-19-7-3-1-4-8-19/h1-12,17,22H,13-16,18H2/p+1. The number of carbonyl (C=O) groups is 1. The summed E-state index contributed by atoms with van der Waals surface area (Å²) in [5.41, 5.74) is 2.87. The van der Waals surface area contributed by atoms with Crippen molar-refractivity contribution in [2.75, 3.05) is 18.0 Å². The van der Waals surface area contributed by atoms with Crippen LogP contribution in [0.25, 0.3) is 0 Å². The number of para-hydroxylation sites is 1. The SMILES string of the molecule is O=C(c1ccc(Cl)nc1)N(c1ccccc1)C1CC[NH+](Cc2ccccc2)CC1. The molecule has 0 radical (unpaired) electrons. The largest absolute Gasteiger partial charge is 0.331 e. The lowest BCUT2D eigenvalue weighted by atomic mass is 10.0. The zero-order valence-corrected chi connectivity index (χ0v) is 17.1. The molecule has 0 bridgehead atoms. The van der Waals surface area contributed by atoms with Crippen LogP contribution in [0, 0.1) is 0 Å². The second kappa shape index (κ2) is 9.21. The van der Waals surface area contributed by atoms with Crippen molar-refractivity contribution in [3.8, 4) is 0 Å². The van der Waals surface area contributed by atoms with Gasteiger partial charge in [0.2, 0.25) is 0 Å². The molecule has 0 unspecified atom stereocenters. The molecule has 29 heavy (non-hydrogen) atoms. The molecule has 3 aromatic rings. The van der Waals surface area contributed by atoms with E-state index in [-0.39, 0.29) is 11.9 Å². The molecule has 1 N–H and O–H groups in total. The Balaban J connectivity index is 1.50. The Hall–Kier alpha value is -2.69. The molecule has 1 aromatic heterocycles. The van der Waals surface area contributed by atoms with Gasteiger partial charge in [-0.25, -0.2) is 4.98 Å². The molecule has 5 heteroatoms. The normalized spacial score (nSPS) is 18.9. The zero-order valence-electron chi connectivity index (χ0n) is 16.3. The van der Waals surface area contributed by atoms with Gasteiger partial charge in [0.25, 0.3) is 5.91 Å². The average molecular weight is 407 g/mol. The Morgan fingerprint density at radius 3 is 2.24 bits per heavy atom. The summed E-state index contributed by atoms with van der Waals surface area (Å²) in [6.45, 7) is 3.14. The molecule has 1 aliphatic rings. The number of piperidine rings is 1. The zero-order chi connectivity index (χ0) is 20.1. The Labute approximate surface area is 176 Å². The van der Waals surface area contributed by atoms with Crippen LogP contribution in [0.3, 0.4) is 0 Å². The number of nitrogens with one attached hydrogen (secondary N) is 1. The molecular weight excluding hydrogens is 382 g/mol. The average Bonchev–Trinajstić information content (AvgIpc) is 2.77. The molecule has 0 saturated carbocycles. The summed E-state index contributed by atoms with van der Waals surface area (Å²) >= 11 is 5.91. The van der Waals surface area contributed by atoms with E-state index >= 15 is 0 Å². The van der Waals surface area contributed by atoms with Crippen LogP contribution in [0.4, 0.5) is 5.69 Å². The highest BCUT2D eigenvalue weighted by Crippen LogP contribution is 2.24. The molecule has 148 valence electrons. The predicted molar refractivity (Wildman–Crippen MR) is 116 cm³/mol. The number of nitrogens with zero attached hydrogens (tertiary/aromatic N) is 2. The van der Waals surface area contributed by atoms with Crippen LogP contribution in [0.15, 0.2) is 79.0 Å². The minimum Gasteiger partial charge on any atom is -0.331 e. The highest BCUT2D eigenvalue weighted by molar-refractivity contribution is 6.29. The first-order chi connectivity index (χ1) is 14.2. The first-order valence-corrected chi connectivity index (χ1v) is 10.5. The van der Waals surface area contributed by atoms with Gasteiger partial charge in [0.1, 0.15) is 11.7 Å². The van der Waals surface area contributed by atoms with Gasteiger partial charge in [-0.3, -0.25) is 4.79 Å². The van der Waals surface area contributed by atoms with Crippen molar-refractivity contribution >= 4 is 23.2 Å². The molecule has 1 saturated heterocycles. The van der Waals surface area contributed by atoms with Gasteiger partial charge in [-0.1, -0.05) is 60.1 Å². The number of quaternary nitrogens is 1. The van der Waals surface area contributed by atoms with Crippen molar-refractivity contribution in [2.45, 2.75) is 25.4 Å². The van der Waals surface area contributed by atoms with Gasteiger partial charge in [-0.2, -0.15) is 0 Å². The predicted octanol–water partition coefficient (Wildman–Crippen LogP) is 3.63. The molecule has 1 fully saturated rings. The third-order valence-corrected chi connectivity index (χ3v) is 5.78. The smallest absolute Gasteiger partial charge is 0.260 e. The highest BCUT2D eigenvalue weighted by Gasteiger charge is 2.31. The first kappa shape index (κ1) is 19.6. The summed E-state index contributed by atoms with van der Waals surface area (Å²) in [6.07, 6.45) is 3.52. The highest BCUT2D eigenvalue weighted by atomic mass is 35.5. The van der Waals surface area contributed by atoms with Crippen molar-refractivity contribution in [3.63, 3.8) is 0 Å². The fourth-order valence-corrected chi connectivity index (χ4v) is 4.17. The number of halogens is 1. The molecule has 0 spiro atoms. The molecule has 2 heterocycles. The molecule has 4 rings (SSSR count). The lowest BCUT2D eigenvalue weighted by Crippen LogP contribution is -3.12. The van der Waals surface area contributed by atoms with Crippen LogP contribution in [0.2, 0.25) is 5.15 Å². The van der Waals surface area contributed by atoms with E-state index in [2.05, 4.69) is 35.3 Å². The van der Waals surface area contributed by atoms with Gasteiger partial charge in [-0.05, 0) is 24.3 Å². The number of benzene rings is 2. The quantitative estimate of drug-likeness (QED) is 0.657. The summed E-state index contributed by atoms with van der Waals surface area (Å²) in [4.78, 5) is 21.0. The third kappa shape index (κ3) is 4.84. The van der Waals surface area contributed by atoms with Crippen molar-refractivity contribution in [1.29, 1.82) is 0 Å². The van der Waals surface area contributed by atoms with E-state index in [0.717, 1.165) is 38.2 Å². The van der Waals surface area contributed by atoms with Crippen LogP contribution in [0.5, 0.6) is 0 Å². The number of rotatable bonds is 5. The van der Waals surface area contributed by atoms with Gasteiger partial charge >= 0.3 is 0 Å². The first-order valence-electron chi connectivity index (χ1n) is 10.1. The second-order valence-corrected chi connectivity index (χ2v) is 7.91. The number of anilines is 1. The van der Waals surface area contributed by atoms with Gasteiger partial charge in [-0.15, -0.1) is 0 Å². The minimum atomic E-state index is -0.0168. The minimum absolute atomic E-state index is 0.0168. The summed E-state index contributed by atoms with van der Waals surface area (Å²) in [6, 6.07) is 24.2. The summed E-state index contributed by atoms with van der Waals surface area (Å²) < 4.78 is 0. The van der Waals surface area contributed by atoms with Crippen molar-refractivity contribution in [1.82, 2.24) is 4.98 Å². The topological polar surface area (TPSA) is 37.6 Å². The van der Waals surface area contributed by atoms with Crippen molar-refractivity contribution in [2.24, 2.45) is 0 Å². The number of hydrogen-bond donors (Lipinski definition) is 1. The molecule has 0 aliphatic carbocycles. The van der Waals surface area contributed by atoms with E-state index in [1.165, 1.54) is 5.56 Å². The Morgan fingerprint density at radius 2 is 1.62 bits per heavy atom. The number of aromatic nitrogens is 1. The Bertz CT molecular complexity index is 923. The molecular formula is C24H25ClN3O+. The number of amides is 1. The number of hydrogen-bond acceptors (Lipinski definition) is 2. The number of carbonyl (C=O) groups excluding carboxylic acids is 1. The van der Waals surface area contributed by atoms with Crippen molar-refractivity contribution < 1.29 is 9.69 Å². The molecule has 4 nitrogen and oxygen atoms in total. The monoisotopic (exact) mass is 406 g/mol. The van der Waals surface area contributed by atoms with Crippen LogP contribution in [-0.2, 0) is 6.54 Å². The maximum Gasteiger partial charge on any atom is 0.260 e. The van der Waals surface area contributed by atoms with Crippen LogP contribution >= 0.6 is 11.6 Å². The number of likely N-dealkylation sites (tertiary alicyclic amines) is 1. The Morgan fingerprint density at radius 1 is 0.966 bits per heavy atom. The fraction of sp³-hybridized carbons (Fsp3) is 0.250. The van der Waals surface area contributed by atoms with Gasteiger partial charge in [0.15, 0.2) is 0 Å². The van der Waals surface area contributed by atoms with Gasteiger partial charge in [0.05, 0.1) is 18.7 Å². The maximum atomic E-state index is 13.4. The summed E-state index contributed by atoms with van der Waals surface area (Å²) in [5.74, 6) is -0.0168. The molecule has 1 aliphatic heterocycles. The van der Waals surface area contributed by atoms with E-state index in [1.54, 1.807) is 23.2 Å². The molecule has 1 amide bonds. The number of pyridine rings is 1. The van der Waals surface area contributed by atoms with E-state index in [0.29, 0.717) is 10.7 Å². The van der Waals surface area contributed by atoms with Crippen molar-refractivity contribution in [3.05, 3.63) is 95.3 Å². The Kier molecular flexibility index (Phi) is 6.23. The van der Waals surface area contributed by atoms with E-state index in [4.69, 9.17) is 11.6 Å². The fourth-order valence-electron chi connectivity index (χ4n) is 4.05. The maximum absolute atomic E-state index is 13.4. The third-order valence-electron chi connectivity index (χ3n) is 5.55. The van der Waals surface area contributed by atoms with E-state index in [9.17, 15) is 4.79 Å². The molecule has 2 aromatic carbocycles. The lowest BCUT2D eigenvalue weighted by Gasteiger charge is -2.37.